The summed E-state index contributed by atoms with van der Waals surface area (Å²) in [5, 5.41) is 21.8. The number of aryl methyl sites for hydroxylation is 1. The molecule has 0 radical (unpaired) electrons. The van der Waals surface area contributed by atoms with Crippen LogP contribution in [-0.2, 0) is 16.1 Å². The molecule has 0 aliphatic rings. The van der Waals surface area contributed by atoms with Gasteiger partial charge in [0.1, 0.15) is 13.2 Å². The van der Waals surface area contributed by atoms with E-state index in [1.807, 2.05) is 73.8 Å². The van der Waals surface area contributed by atoms with E-state index >= 15 is 0 Å². The largest absolute Gasteiger partial charge is 0.480 e. The maximum atomic E-state index is 13.6. The first-order chi connectivity index (χ1) is 21.3. The molecule has 0 saturated carbocycles. The molecule has 1 atom stereocenters. The van der Waals surface area contributed by atoms with Crippen LogP contribution in [0.15, 0.2) is 91.1 Å². The number of carboxylic acids is 1. The van der Waals surface area contributed by atoms with Crippen LogP contribution < -0.4 is 5.32 Å². The van der Waals surface area contributed by atoms with Crippen LogP contribution in [-0.4, -0.2) is 34.5 Å². The van der Waals surface area contributed by atoms with E-state index in [0.29, 0.717) is 28.7 Å². The number of carbonyl (C=O) groups excluding carboxylic acids is 2. The zero-order chi connectivity index (χ0) is 31.2. The van der Waals surface area contributed by atoms with Gasteiger partial charge in [0.2, 0.25) is 0 Å². The minimum absolute atomic E-state index is 0.106. The molecule has 0 fully saturated rings. The Labute approximate surface area is 254 Å². The molecule has 1 unspecified atom stereocenters. The topological polar surface area (TPSA) is 132 Å². The molecule has 4 aromatic carbocycles. The van der Waals surface area contributed by atoms with Crippen LogP contribution in [0.2, 0.25) is 0 Å². The standard InChI is InChI=1S/C36H31N3O5/c1-3-26(32-19-38-33-16-24(18-37)10-13-29(32)33)27-14-11-25(35(42)39-20-34(40)41)17-30(27)28-12-9-22(2)15-31(28)36(43)44-21-23-7-5-4-6-8-23/h4-17,19,26,38H,3,20-21H2,1-2H3,(H,39,42)(H,40,41). The first-order valence-electron chi connectivity index (χ1n) is 14.3. The van der Waals surface area contributed by atoms with E-state index in [9.17, 15) is 19.6 Å². The van der Waals surface area contributed by atoms with E-state index in [1.54, 1.807) is 24.3 Å². The van der Waals surface area contributed by atoms with Crippen molar-refractivity contribution in [1.82, 2.24) is 10.3 Å². The molecular weight excluding hydrogens is 554 g/mol. The molecule has 1 heterocycles. The number of hydrogen-bond donors (Lipinski definition) is 3. The van der Waals surface area contributed by atoms with Gasteiger partial charge in [0.15, 0.2) is 0 Å². The van der Waals surface area contributed by atoms with Crippen LogP contribution in [0.4, 0.5) is 0 Å². The SMILES string of the molecule is CCC(c1ccc(C(=O)NCC(=O)O)cc1-c1ccc(C)cc1C(=O)OCc1ccccc1)c1c[nH]c2cc(C#N)ccc12. The average molecular weight is 586 g/mol. The number of hydrogen-bond acceptors (Lipinski definition) is 5. The molecule has 5 aromatic rings. The van der Waals surface area contributed by atoms with Crippen molar-refractivity contribution in [3.63, 3.8) is 0 Å². The molecule has 8 nitrogen and oxygen atoms in total. The number of amides is 1. The Balaban J connectivity index is 1.64. The summed E-state index contributed by atoms with van der Waals surface area (Å²) in [7, 11) is 0. The van der Waals surface area contributed by atoms with Gasteiger partial charge in [-0.05, 0) is 71.5 Å². The number of nitrogens with one attached hydrogen (secondary N) is 2. The zero-order valence-corrected chi connectivity index (χ0v) is 24.4. The Bertz CT molecular complexity index is 1900. The summed E-state index contributed by atoms with van der Waals surface area (Å²) in [4.78, 5) is 41.0. The zero-order valence-electron chi connectivity index (χ0n) is 24.4. The van der Waals surface area contributed by atoms with E-state index in [-0.39, 0.29) is 18.1 Å². The number of nitrogens with zero attached hydrogens (tertiary/aromatic N) is 1. The monoisotopic (exact) mass is 585 g/mol. The maximum Gasteiger partial charge on any atom is 0.339 e. The van der Waals surface area contributed by atoms with E-state index < -0.39 is 24.4 Å². The Morgan fingerprint density at radius 2 is 1.75 bits per heavy atom. The Hall–Kier alpha value is -5.68. The molecule has 0 aliphatic heterocycles. The predicted octanol–water partition coefficient (Wildman–Crippen LogP) is 6.73. The first kappa shape index (κ1) is 29.8. The highest BCUT2D eigenvalue weighted by Gasteiger charge is 2.25. The predicted molar refractivity (Wildman–Crippen MR) is 167 cm³/mol. The highest BCUT2D eigenvalue weighted by Crippen LogP contribution is 2.40. The maximum absolute atomic E-state index is 13.6. The van der Waals surface area contributed by atoms with Gasteiger partial charge in [0.05, 0.1) is 17.2 Å². The Morgan fingerprint density at radius 1 is 0.955 bits per heavy atom. The van der Waals surface area contributed by atoms with Crippen molar-refractivity contribution in [2.75, 3.05) is 6.54 Å². The summed E-state index contributed by atoms with van der Waals surface area (Å²) in [5.41, 5.74) is 6.89. The lowest BCUT2D eigenvalue weighted by Gasteiger charge is -2.22. The lowest BCUT2D eigenvalue weighted by atomic mass is 9.82. The normalized spacial score (nSPS) is 11.5. The summed E-state index contributed by atoms with van der Waals surface area (Å²) in [6.07, 6.45) is 2.63. The van der Waals surface area contributed by atoms with Gasteiger partial charge in [-0.1, -0.05) is 67.1 Å². The van der Waals surface area contributed by atoms with E-state index in [1.165, 1.54) is 0 Å². The quantitative estimate of drug-likeness (QED) is 0.156. The van der Waals surface area contributed by atoms with Crippen molar-refractivity contribution in [1.29, 1.82) is 5.26 Å². The number of rotatable bonds is 10. The molecule has 0 saturated heterocycles. The van der Waals surface area contributed by atoms with Gasteiger partial charge in [-0.15, -0.1) is 0 Å². The number of aliphatic carboxylic acids is 1. The van der Waals surface area contributed by atoms with Crippen LogP contribution in [0.3, 0.4) is 0 Å². The third kappa shape index (κ3) is 6.37. The second-order valence-corrected chi connectivity index (χ2v) is 10.6. The van der Waals surface area contributed by atoms with Crippen molar-refractivity contribution in [2.45, 2.75) is 32.8 Å². The molecule has 3 N–H and O–H groups in total. The highest BCUT2D eigenvalue weighted by atomic mass is 16.5. The Morgan fingerprint density at radius 3 is 2.48 bits per heavy atom. The highest BCUT2D eigenvalue weighted by molar-refractivity contribution is 6.01. The van der Waals surface area contributed by atoms with Gasteiger partial charge in [-0.25, -0.2) is 4.79 Å². The van der Waals surface area contributed by atoms with Gasteiger partial charge in [0, 0.05) is 28.6 Å². The molecule has 0 spiro atoms. The van der Waals surface area contributed by atoms with Crippen molar-refractivity contribution >= 4 is 28.7 Å². The number of carbonyl (C=O) groups is 3. The average Bonchev–Trinajstić information content (AvgIpc) is 3.46. The van der Waals surface area contributed by atoms with E-state index in [4.69, 9.17) is 9.84 Å². The van der Waals surface area contributed by atoms with Gasteiger partial charge >= 0.3 is 11.9 Å². The molecule has 0 bridgehead atoms. The van der Waals surface area contributed by atoms with Gasteiger partial charge in [-0.2, -0.15) is 5.26 Å². The van der Waals surface area contributed by atoms with Crippen LogP contribution in [0.25, 0.3) is 22.0 Å². The smallest absolute Gasteiger partial charge is 0.339 e. The third-order valence-corrected chi connectivity index (χ3v) is 7.62. The van der Waals surface area contributed by atoms with Crippen LogP contribution in [0.5, 0.6) is 0 Å². The number of carboxylic acid groups (broad SMARTS) is 1. The van der Waals surface area contributed by atoms with E-state index in [0.717, 1.165) is 33.2 Å². The molecule has 1 amide bonds. The van der Waals surface area contributed by atoms with Crippen molar-refractivity contribution in [3.05, 3.63) is 130 Å². The number of esters is 1. The number of fused-ring (bicyclic) bond motifs is 1. The molecule has 220 valence electrons. The molecule has 1 aromatic heterocycles. The molecule has 44 heavy (non-hydrogen) atoms. The fraction of sp³-hybridized carbons (Fsp3) is 0.167. The van der Waals surface area contributed by atoms with E-state index in [2.05, 4.69) is 23.3 Å². The van der Waals surface area contributed by atoms with Gasteiger partial charge in [-0.3, -0.25) is 9.59 Å². The molecule has 5 rings (SSSR count). The second-order valence-electron chi connectivity index (χ2n) is 10.6. The Kier molecular flexibility index (Phi) is 8.87. The van der Waals surface area contributed by atoms with Crippen molar-refractivity contribution in [3.8, 4) is 17.2 Å². The number of benzene rings is 4. The van der Waals surface area contributed by atoms with Crippen molar-refractivity contribution < 1.29 is 24.2 Å². The minimum Gasteiger partial charge on any atom is -0.480 e. The fourth-order valence-electron chi connectivity index (χ4n) is 5.47. The molecule has 0 aliphatic carbocycles. The number of nitriles is 1. The summed E-state index contributed by atoms with van der Waals surface area (Å²) in [6, 6.07) is 27.9. The number of aromatic amines is 1. The van der Waals surface area contributed by atoms with Crippen LogP contribution >= 0.6 is 0 Å². The third-order valence-electron chi connectivity index (χ3n) is 7.62. The summed E-state index contributed by atoms with van der Waals surface area (Å²) in [6.45, 7) is 3.55. The van der Waals surface area contributed by atoms with Gasteiger partial charge in [0.25, 0.3) is 5.91 Å². The first-order valence-corrected chi connectivity index (χ1v) is 14.3. The second kappa shape index (κ2) is 13.1. The minimum atomic E-state index is -1.15. The lowest BCUT2D eigenvalue weighted by molar-refractivity contribution is -0.135. The lowest BCUT2D eigenvalue weighted by Crippen LogP contribution is -2.29. The summed E-state index contributed by atoms with van der Waals surface area (Å²) < 4.78 is 5.74. The summed E-state index contributed by atoms with van der Waals surface area (Å²) >= 11 is 0. The van der Waals surface area contributed by atoms with Crippen LogP contribution in [0, 0.1) is 18.3 Å². The fourth-order valence-corrected chi connectivity index (χ4v) is 5.47. The van der Waals surface area contributed by atoms with Gasteiger partial charge < -0.3 is 20.1 Å². The number of H-pyrrole nitrogens is 1. The number of aromatic nitrogens is 1. The van der Waals surface area contributed by atoms with Crippen LogP contribution in [0.1, 0.15) is 67.8 Å². The molecule has 8 heteroatoms. The molecular formula is C36H31N3O5. The number of ether oxygens (including phenoxy) is 1. The van der Waals surface area contributed by atoms with Crippen molar-refractivity contribution in [2.24, 2.45) is 0 Å². The summed E-state index contributed by atoms with van der Waals surface area (Å²) in [5.74, 6) is -2.33.